The first-order valence-electron chi connectivity index (χ1n) is 6.03. The highest BCUT2D eigenvalue weighted by Crippen LogP contribution is 2.32. The second-order valence-electron chi connectivity index (χ2n) is 5.40. The number of rotatable bonds is 4. The van der Waals surface area contributed by atoms with Gasteiger partial charge < -0.3 is 0 Å². The van der Waals surface area contributed by atoms with Crippen molar-refractivity contribution in [2.45, 2.75) is 41.5 Å². The van der Waals surface area contributed by atoms with E-state index in [0.717, 1.165) is 22.4 Å². The summed E-state index contributed by atoms with van der Waals surface area (Å²) in [5.41, 5.74) is 3.80. The largest absolute Gasteiger partial charge is 0.262 e. The van der Waals surface area contributed by atoms with Crippen LogP contribution in [0.5, 0.6) is 0 Å². The van der Waals surface area contributed by atoms with Crippen LogP contribution in [-0.4, -0.2) is 6.21 Å². The van der Waals surface area contributed by atoms with E-state index in [4.69, 9.17) is 11.6 Å². The lowest BCUT2D eigenvalue weighted by molar-refractivity contribution is 0.522. The summed E-state index contributed by atoms with van der Waals surface area (Å²) in [6, 6.07) is 0. The molecule has 18 heavy (non-hydrogen) atoms. The molecule has 0 saturated heterocycles. The molecule has 0 aliphatic rings. The molecule has 0 saturated carbocycles. The van der Waals surface area contributed by atoms with Gasteiger partial charge >= 0.3 is 0 Å². The summed E-state index contributed by atoms with van der Waals surface area (Å²) in [6.45, 7) is 20.1. The van der Waals surface area contributed by atoms with Crippen molar-refractivity contribution in [1.29, 1.82) is 0 Å². The third-order valence-corrected chi connectivity index (χ3v) is 3.07. The monoisotopic (exact) mass is 265 g/mol. The Morgan fingerprint density at radius 2 is 1.67 bits per heavy atom. The van der Waals surface area contributed by atoms with Crippen LogP contribution >= 0.6 is 11.6 Å². The first kappa shape index (κ1) is 16.9. The molecule has 0 radical (unpaired) electrons. The molecule has 0 N–H and O–H groups in total. The van der Waals surface area contributed by atoms with E-state index in [2.05, 4.69) is 38.9 Å². The summed E-state index contributed by atoms with van der Waals surface area (Å²) in [5.74, 6) is 0. The van der Waals surface area contributed by atoms with Crippen molar-refractivity contribution in [3.05, 3.63) is 46.7 Å². The molecule has 1 nitrogen and oxygen atoms in total. The Morgan fingerprint density at radius 3 is 2.00 bits per heavy atom. The van der Waals surface area contributed by atoms with Crippen LogP contribution in [0.4, 0.5) is 0 Å². The van der Waals surface area contributed by atoms with Gasteiger partial charge in [-0.15, -0.1) is 0 Å². The maximum absolute atomic E-state index is 6.13. The predicted octanol–water partition coefficient (Wildman–Crippen LogP) is 5.65. The fourth-order valence-electron chi connectivity index (χ4n) is 1.54. The summed E-state index contributed by atoms with van der Waals surface area (Å²) in [7, 11) is 0. The van der Waals surface area contributed by atoms with Gasteiger partial charge in [0.05, 0.1) is 0 Å². The fraction of sp³-hybridized carbons (Fsp3) is 0.438. The third kappa shape index (κ3) is 5.05. The van der Waals surface area contributed by atoms with E-state index in [0.29, 0.717) is 5.03 Å². The zero-order chi connectivity index (χ0) is 14.5. The highest BCUT2D eigenvalue weighted by atomic mass is 35.5. The summed E-state index contributed by atoms with van der Waals surface area (Å²) < 4.78 is 0. The van der Waals surface area contributed by atoms with Crippen molar-refractivity contribution >= 4 is 17.8 Å². The minimum Gasteiger partial charge on any atom is -0.262 e. The van der Waals surface area contributed by atoms with Gasteiger partial charge in [0.1, 0.15) is 0 Å². The number of hydrogen-bond acceptors (Lipinski definition) is 1. The molecule has 0 spiro atoms. The molecule has 2 heteroatoms. The van der Waals surface area contributed by atoms with Crippen LogP contribution in [0.3, 0.4) is 0 Å². The van der Waals surface area contributed by atoms with E-state index in [-0.39, 0.29) is 5.41 Å². The first-order valence-corrected chi connectivity index (χ1v) is 6.41. The van der Waals surface area contributed by atoms with E-state index >= 15 is 0 Å². The minimum absolute atomic E-state index is 0.0170. The maximum Gasteiger partial charge on any atom is 0.0432 e. The summed E-state index contributed by atoms with van der Waals surface area (Å²) in [5, 5.41) is 0.679. The molecule has 0 heterocycles. The molecule has 0 rings (SSSR count). The van der Waals surface area contributed by atoms with Gasteiger partial charge in [0.2, 0.25) is 0 Å². The zero-order valence-electron chi connectivity index (χ0n) is 12.4. The van der Waals surface area contributed by atoms with Gasteiger partial charge in [-0.05, 0) is 42.9 Å². The molecule has 0 aliphatic heterocycles. The molecule has 0 aromatic carbocycles. The minimum atomic E-state index is -0.0170. The Morgan fingerprint density at radius 1 is 1.17 bits per heavy atom. The van der Waals surface area contributed by atoms with E-state index in [1.165, 1.54) is 0 Å². The number of aliphatic imine (C=N–C) groups is 1. The van der Waals surface area contributed by atoms with Crippen molar-refractivity contribution in [3.8, 4) is 0 Å². The summed E-state index contributed by atoms with van der Waals surface area (Å²) in [6.07, 6.45) is 3.71. The van der Waals surface area contributed by atoms with Crippen LogP contribution in [0.2, 0.25) is 0 Å². The summed E-state index contributed by atoms with van der Waals surface area (Å²) >= 11 is 6.13. The molecule has 0 fully saturated rings. The van der Waals surface area contributed by atoms with Crippen LogP contribution in [0, 0.1) is 5.41 Å². The van der Waals surface area contributed by atoms with Gasteiger partial charge in [0.25, 0.3) is 0 Å². The van der Waals surface area contributed by atoms with Gasteiger partial charge in [-0.2, -0.15) is 0 Å². The molecule has 0 aromatic heterocycles. The summed E-state index contributed by atoms with van der Waals surface area (Å²) in [4.78, 5) is 4.30. The Bertz CT molecular complexity index is 429. The lowest BCUT2D eigenvalue weighted by atomic mass is 9.82. The number of halogens is 1. The van der Waals surface area contributed by atoms with Crippen molar-refractivity contribution < 1.29 is 0 Å². The molecule has 0 aliphatic carbocycles. The Hall–Kier alpha value is -1.08. The molecular formula is C16H24ClN. The lowest BCUT2D eigenvalue weighted by Gasteiger charge is -2.23. The second-order valence-corrected chi connectivity index (χ2v) is 5.80. The van der Waals surface area contributed by atoms with Crippen LogP contribution in [-0.2, 0) is 0 Å². The van der Waals surface area contributed by atoms with Crippen molar-refractivity contribution in [2.75, 3.05) is 0 Å². The predicted molar refractivity (Wildman–Crippen MR) is 84.2 cm³/mol. The normalized spacial score (nSPS) is 14.7. The molecular weight excluding hydrogens is 242 g/mol. The molecule has 0 amide bonds. The molecule has 0 unspecified atom stereocenters. The Balaban J connectivity index is 5.70. The molecule has 0 atom stereocenters. The van der Waals surface area contributed by atoms with Gasteiger partial charge in [-0.1, -0.05) is 51.6 Å². The fourth-order valence-corrected chi connectivity index (χ4v) is 1.69. The van der Waals surface area contributed by atoms with E-state index in [1.807, 2.05) is 33.1 Å². The van der Waals surface area contributed by atoms with Crippen LogP contribution in [0.15, 0.2) is 51.7 Å². The topological polar surface area (TPSA) is 12.4 Å². The number of nitrogens with zero attached hydrogens (tertiary/aromatic N) is 1. The Kier molecular flexibility index (Phi) is 6.34. The standard InChI is InChI=1S/C16H24ClN/c1-9-15(17)13(5)12(4)14(16(6,7)8)10-18-11(2)3/h9-10H,2,5H2,1,3-4,6-8H3/b14-12-,15-9+,18-10?. The average Bonchev–Trinajstić information content (AvgIpc) is 2.24. The van der Waals surface area contributed by atoms with Gasteiger partial charge in [-0.25, -0.2) is 0 Å². The smallest absolute Gasteiger partial charge is 0.0432 e. The van der Waals surface area contributed by atoms with Crippen LogP contribution < -0.4 is 0 Å². The average molecular weight is 266 g/mol. The zero-order valence-corrected chi connectivity index (χ0v) is 13.2. The van der Waals surface area contributed by atoms with Crippen molar-refractivity contribution in [1.82, 2.24) is 0 Å². The second kappa shape index (κ2) is 6.75. The van der Waals surface area contributed by atoms with E-state index < -0.39 is 0 Å². The number of allylic oxidation sites excluding steroid dienone is 6. The van der Waals surface area contributed by atoms with Gasteiger partial charge in [0.15, 0.2) is 0 Å². The van der Waals surface area contributed by atoms with Gasteiger partial charge in [-0.3, -0.25) is 4.99 Å². The number of hydrogen-bond donors (Lipinski definition) is 0. The van der Waals surface area contributed by atoms with Crippen molar-refractivity contribution in [2.24, 2.45) is 10.4 Å². The molecule has 0 aromatic rings. The van der Waals surface area contributed by atoms with Crippen molar-refractivity contribution in [3.63, 3.8) is 0 Å². The first-order chi connectivity index (χ1) is 8.11. The third-order valence-electron chi connectivity index (χ3n) is 2.62. The lowest BCUT2D eigenvalue weighted by Crippen LogP contribution is -2.13. The van der Waals surface area contributed by atoms with Gasteiger partial charge in [0, 0.05) is 16.9 Å². The Labute approximate surface area is 117 Å². The molecule has 100 valence electrons. The molecule has 0 bridgehead atoms. The van der Waals surface area contributed by atoms with E-state index in [9.17, 15) is 0 Å². The maximum atomic E-state index is 6.13. The highest BCUT2D eigenvalue weighted by molar-refractivity contribution is 6.32. The van der Waals surface area contributed by atoms with E-state index in [1.54, 1.807) is 0 Å². The SMILES string of the molecule is C=C(C)N=C/C(=C(\C)C(=C)/C(Cl)=C\C)C(C)(C)C. The van der Waals surface area contributed by atoms with Crippen LogP contribution in [0.1, 0.15) is 41.5 Å². The quantitative estimate of drug-likeness (QED) is 0.460. The highest BCUT2D eigenvalue weighted by Gasteiger charge is 2.19. The van der Waals surface area contributed by atoms with Crippen LogP contribution in [0.25, 0.3) is 0 Å².